The zero-order valence-electron chi connectivity index (χ0n) is 15.6. The zero-order chi connectivity index (χ0) is 18.2. The summed E-state index contributed by atoms with van der Waals surface area (Å²) in [6.45, 7) is 4.30. The molecule has 1 aliphatic carbocycles. The van der Waals surface area contributed by atoms with Gasteiger partial charge in [-0.15, -0.1) is 16.9 Å². The molecule has 5 rings (SSSR count). The van der Waals surface area contributed by atoms with E-state index >= 15 is 0 Å². The third-order valence-corrected chi connectivity index (χ3v) is 6.87. The number of allylic oxidation sites excluding steroid dienone is 1. The lowest BCUT2D eigenvalue weighted by Crippen LogP contribution is -2.38. The number of hydrazine groups is 2. The van der Waals surface area contributed by atoms with E-state index in [-0.39, 0.29) is 0 Å². The normalized spacial score (nSPS) is 24.1. The summed E-state index contributed by atoms with van der Waals surface area (Å²) in [5.74, 6) is 2.32. The molecule has 2 aliphatic heterocycles. The van der Waals surface area contributed by atoms with E-state index in [1.54, 1.807) is 0 Å². The van der Waals surface area contributed by atoms with Crippen molar-refractivity contribution in [1.82, 2.24) is 26.3 Å². The number of aryl methyl sites for hydroxylation is 1. The van der Waals surface area contributed by atoms with Crippen LogP contribution in [-0.2, 0) is 6.54 Å². The Bertz CT molecular complexity index is 871. The molecule has 1 fully saturated rings. The standard InChI is InChI=1S/C20H26N6S/c1-13-2-7-16(27-13)11-21-10-14-3-5-15(6-4-14)18-19-17-8-9-22-20(17)23-12-26(19)25-24-18/h2,7-9,12,14-15,21-22,24-25H,3-6,10-11H2,1H3/t14-,15-. The summed E-state index contributed by atoms with van der Waals surface area (Å²) in [5.41, 5.74) is 10.4. The molecule has 2 aromatic rings. The van der Waals surface area contributed by atoms with Gasteiger partial charge < -0.3 is 15.7 Å². The van der Waals surface area contributed by atoms with Gasteiger partial charge in [0.2, 0.25) is 0 Å². The lowest BCUT2D eigenvalue weighted by molar-refractivity contribution is 0.282. The number of nitrogens with one attached hydrogen (secondary N) is 4. The van der Waals surface area contributed by atoms with Crippen molar-refractivity contribution in [3.63, 3.8) is 0 Å². The van der Waals surface area contributed by atoms with Gasteiger partial charge in [0.1, 0.15) is 12.2 Å². The molecule has 142 valence electrons. The number of rotatable bonds is 5. The van der Waals surface area contributed by atoms with Gasteiger partial charge in [0.15, 0.2) is 0 Å². The first-order chi connectivity index (χ1) is 13.3. The first kappa shape index (κ1) is 17.0. The second kappa shape index (κ2) is 7.14. The van der Waals surface area contributed by atoms with Crippen LogP contribution in [0.2, 0.25) is 0 Å². The summed E-state index contributed by atoms with van der Waals surface area (Å²) in [5, 5.41) is 5.67. The number of aliphatic imine (C=N–C) groups is 1. The molecule has 4 heterocycles. The Balaban J connectivity index is 1.19. The van der Waals surface area contributed by atoms with Crippen LogP contribution in [0.1, 0.15) is 41.0 Å². The monoisotopic (exact) mass is 382 g/mol. The summed E-state index contributed by atoms with van der Waals surface area (Å²) in [4.78, 5) is 10.5. The molecule has 3 aliphatic rings. The molecule has 27 heavy (non-hydrogen) atoms. The lowest BCUT2D eigenvalue weighted by atomic mass is 9.79. The van der Waals surface area contributed by atoms with Crippen molar-refractivity contribution in [3.8, 4) is 0 Å². The highest BCUT2D eigenvalue weighted by molar-refractivity contribution is 7.11. The van der Waals surface area contributed by atoms with Gasteiger partial charge >= 0.3 is 0 Å². The molecule has 7 heteroatoms. The minimum absolute atomic E-state index is 0.586. The summed E-state index contributed by atoms with van der Waals surface area (Å²) in [7, 11) is 0. The molecule has 2 aromatic heterocycles. The third kappa shape index (κ3) is 3.31. The van der Waals surface area contributed by atoms with Gasteiger partial charge in [0, 0.05) is 34.0 Å². The topological polar surface area (TPSA) is 67.5 Å². The molecule has 0 aromatic carbocycles. The first-order valence-electron chi connectivity index (χ1n) is 9.81. The fourth-order valence-electron chi connectivity index (χ4n) is 4.43. The molecule has 0 radical (unpaired) electrons. The maximum absolute atomic E-state index is 4.45. The number of aromatic amines is 1. The third-order valence-electron chi connectivity index (χ3n) is 5.87. The van der Waals surface area contributed by atoms with Crippen molar-refractivity contribution >= 4 is 29.2 Å². The summed E-state index contributed by atoms with van der Waals surface area (Å²) in [6.07, 6.45) is 8.86. The van der Waals surface area contributed by atoms with Crippen LogP contribution in [-0.4, -0.2) is 22.9 Å². The molecule has 0 atom stereocenters. The fourth-order valence-corrected chi connectivity index (χ4v) is 5.29. The lowest BCUT2D eigenvalue weighted by Gasteiger charge is -2.29. The molecular formula is C20H26N6S. The largest absolute Gasteiger partial charge is 0.346 e. The van der Waals surface area contributed by atoms with E-state index in [9.17, 15) is 0 Å². The number of H-pyrrole nitrogens is 1. The van der Waals surface area contributed by atoms with Crippen molar-refractivity contribution in [2.45, 2.75) is 39.2 Å². The number of hydrogen-bond acceptors (Lipinski definition) is 6. The van der Waals surface area contributed by atoms with Crippen molar-refractivity contribution in [2.75, 3.05) is 6.54 Å². The predicted molar refractivity (Wildman–Crippen MR) is 110 cm³/mol. The summed E-state index contributed by atoms with van der Waals surface area (Å²) < 4.78 is 0. The van der Waals surface area contributed by atoms with Gasteiger partial charge in [0.05, 0.1) is 11.4 Å². The molecule has 0 saturated heterocycles. The Morgan fingerprint density at radius 1 is 1.22 bits per heavy atom. The van der Waals surface area contributed by atoms with Crippen LogP contribution in [0.25, 0.3) is 5.70 Å². The Labute approximate surface area is 163 Å². The van der Waals surface area contributed by atoms with E-state index in [2.05, 4.69) is 51.4 Å². The Morgan fingerprint density at radius 2 is 2.11 bits per heavy atom. The van der Waals surface area contributed by atoms with Crippen LogP contribution in [0.3, 0.4) is 0 Å². The van der Waals surface area contributed by atoms with Crippen molar-refractivity contribution < 1.29 is 0 Å². The second-order valence-corrected chi connectivity index (χ2v) is 9.09. The molecule has 0 amide bonds. The minimum atomic E-state index is 0.586. The van der Waals surface area contributed by atoms with E-state index in [4.69, 9.17) is 0 Å². The van der Waals surface area contributed by atoms with Gasteiger partial charge in [-0.05, 0) is 63.3 Å². The molecule has 4 N–H and O–H groups in total. The maximum Gasteiger partial charge on any atom is 0.141 e. The van der Waals surface area contributed by atoms with E-state index < -0.39 is 0 Å². The second-order valence-electron chi connectivity index (χ2n) is 7.71. The van der Waals surface area contributed by atoms with E-state index in [1.807, 2.05) is 28.9 Å². The number of hydrogen-bond donors (Lipinski definition) is 4. The van der Waals surface area contributed by atoms with E-state index in [0.717, 1.165) is 24.8 Å². The molecular weight excluding hydrogens is 356 g/mol. The molecule has 6 nitrogen and oxygen atoms in total. The average molecular weight is 383 g/mol. The molecule has 1 saturated carbocycles. The fraction of sp³-hybridized carbons (Fsp3) is 0.450. The highest BCUT2D eigenvalue weighted by Gasteiger charge is 2.33. The predicted octanol–water partition coefficient (Wildman–Crippen LogP) is 3.65. The van der Waals surface area contributed by atoms with Gasteiger partial charge in [-0.25, -0.2) is 10.0 Å². The number of aromatic nitrogens is 1. The van der Waals surface area contributed by atoms with Gasteiger partial charge in [-0.2, -0.15) is 0 Å². The highest BCUT2D eigenvalue weighted by atomic mass is 32.1. The Hall–Kier alpha value is -2.09. The van der Waals surface area contributed by atoms with Crippen LogP contribution < -0.4 is 16.3 Å². The maximum atomic E-state index is 4.45. The average Bonchev–Trinajstić information content (AvgIpc) is 3.40. The van der Waals surface area contributed by atoms with Crippen molar-refractivity contribution in [2.24, 2.45) is 16.8 Å². The SMILES string of the molecule is Cc1ccc(CNC[C@H]2CC[C@H](C3=C4c5cc[nH]c5N=CN4NN3)CC2)s1. The summed E-state index contributed by atoms with van der Waals surface area (Å²) >= 11 is 1.90. The quantitative estimate of drug-likeness (QED) is 0.637. The van der Waals surface area contributed by atoms with Gasteiger partial charge in [-0.3, -0.25) is 0 Å². The minimum Gasteiger partial charge on any atom is -0.346 e. The highest BCUT2D eigenvalue weighted by Crippen LogP contribution is 2.40. The van der Waals surface area contributed by atoms with Crippen LogP contribution in [0, 0.1) is 18.8 Å². The van der Waals surface area contributed by atoms with Gasteiger partial charge in [0.25, 0.3) is 0 Å². The first-order valence-corrected chi connectivity index (χ1v) is 10.6. The number of fused-ring (bicyclic) bond motifs is 3. The molecule has 0 bridgehead atoms. The Kier molecular flexibility index (Phi) is 4.51. The van der Waals surface area contributed by atoms with E-state index in [1.165, 1.54) is 52.4 Å². The van der Waals surface area contributed by atoms with Crippen LogP contribution in [0.5, 0.6) is 0 Å². The summed E-state index contributed by atoms with van der Waals surface area (Å²) in [6, 6.07) is 6.56. The van der Waals surface area contributed by atoms with Crippen molar-refractivity contribution in [3.05, 3.63) is 45.4 Å². The van der Waals surface area contributed by atoms with Crippen LogP contribution in [0.4, 0.5) is 5.82 Å². The van der Waals surface area contributed by atoms with Crippen molar-refractivity contribution in [1.29, 1.82) is 0 Å². The number of nitrogens with zero attached hydrogens (tertiary/aromatic N) is 2. The van der Waals surface area contributed by atoms with Crippen LogP contribution >= 0.6 is 11.3 Å². The Morgan fingerprint density at radius 3 is 2.93 bits per heavy atom. The van der Waals surface area contributed by atoms with Crippen LogP contribution in [0.15, 0.2) is 35.1 Å². The van der Waals surface area contributed by atoms with E-state index in [0.29, 0.717) is 5.92 Å². The number of thiophene rings is 1. The van der Waals surface area contributed by atoms with Gasteiger partial charge in [-0.1, -0.05) is 0 Å². The molecule has 0 spiro atoms. The zero-order valence-corrected chi connectivity index (χ0v) is 16.4. The molecule has 0 unspecified atom stereocenters. The smallest absolute Gasteiger partial charge is 0.141 e.